The van der Waals surface area contributed by atoms with E-state index in [0.717, 1.165) is 22.1 Å². The standard InChI is InChI=1S/C15H13N3S/c1-18(13-8-5-9-16-10-13)15-17-14(11-19-15)12-6-3-2-4-7-12/h2-11H,1H3. The van der Waals surface area contributed by atoms with Gasteiger partial charge in [-0.05, 0) is 12.1 Å². The van der Waals surface area contributed by atoms with Crippen molar-refractivity contribution < 1.29 is 0 Å². The zero-order valence-electron chi connectivity index (χ0n) is 10.5. The van der Waals surface area contributed by atoms with Crippen molar-refractivity contribution in [2.24, 2.45) is 0 Å². The van der Waals surface area contributed by atoms with Crippen LogP contribution >= 0.6 is 11.3 Å². The first-order valence-corrected chi connectivity index (χ1v) is 6.87. The molecule has 0 N–H and O–H groups in total. The van der Waals surface area contributed by atoms with Gasteiger partial charge in [0.25, 0.3) is 0 Å². The molecule has 19 heavy (non-hydrogen) atoms. The predicted molar refractivity (Wildman–Crippen MR) is 79.9 cm³/mol. The number of hydrogen-bond acceptors (Lipinski definition) is 4. The van der Waals surface area contributed by atoms with Crippen molar-refractivity contribution in [1.82, 2.24) is 9.97 Å². The van der Waals surface area contributed by atoms with Gasteiger partial charge < -0.3 is 4.90 Å². The summed E-state index contributed by atoms with van der Waals surface area (Å²) in [7, 11) is 2.00. The van der Waals surface area contributed by atoms with Gasteiger partial charge in [0, 0.05) is 24.2 Å². The molecule has 0 amide bonds. The predicted octanol–water partition coefficient (Wildman–Crippen LogP) is 3.97. The zero-order chi connectivity index (χ0) is 13.1. The maximum absolute atomic E-state index is 4.67. The Bertz CT molecular complexity index is 649. The van der Waals surface area contributed by atoms with Gasteiger partial charge in [0.15, 0.2) is 5.13 Å². The van der Waals surface area contributed by atoms with E-state index < -0.39 is 0 Å². The molecular weight excluding hydrogens is 254 g/mol. The summed E-state index contributed by atoms with van der Waals surface area (Å²) in [4.78, 5) is 10.9. The third-order valence-electron chi connectivity index (χ3n) is 2.88. The minimum absolute atomic E-state index is 0.965. The van der Waals surface area contributed by atoms with Crippen LogP contribution in [0.4, 0.5) is 10.8 Å². The molecule has 3 rings (SSSR count). The lowest BCUT2D eigenvalue weighted by Crippen LogP contribution is -2.08. The Balaban J connectivity index is 1.90. The van der Waals surface area contributed by atoms with Gasteiger partial charge in [-0.15, -0.1) is 11.3 Å². The highest BCUT2D eigenvalue weighted by Crippen LogP contribution is 2.30. The van der Waals surface area contributed by atoms with Gasteiger partial charge in [0.05, 0.1) is 17.6 Å². The van der Waals surface area contributed by atoms with Crippen LogP contribution in [-0.2, 0) is 0 Å². The molecule has 3 nitrogen and oxygen atoms in total. The molecule has 0 bridgehead atoms. The van der Waals surface area contributed by atoms with E-state index in [2.05, 4.69) is 27.5 Å². The van der Waals surface area contributed by atoms with E-state index in [0.29, 0.717) is 0 Å². The van der Waals surface area contributed by atoms with E-state index in [9.17, 15) is 0 Å². The molecule has 0 aliphatic rings. The van der Waals surface area contributed by atoms with E-state index in [1.54, 1.807) is 17.5 Å². The molecule has 4 heteroatoms. The highest BCUT2D eigenvalue weighted by Gasteiger charge is 2.09. The number of benzene rings is 1. The van der Waals surface area contributed by atoms with Gasteiger partial charge in [-0.2, -0.15) is 0 Å². The third-order valence-corrected chi connectivity index (χ3v) is 3.80. The molecule has 0 aliphatic carbocycles. The summed E-state index contributed by atoms with van der Waals surface area (Å²) >= 11 is 1.63. The van der Waals surface area contributed by atoms with Gasteiger partial charge in [-0.25, -0.2) is 4.98 Å². The van der Waals surface area contributed by atoms with Crippen LogP contribution in [0.5, 0.6) is 0 Å². The summed E-state index contributed by atoms with van der Waals surface area (Å²) in [6.45, 7) is 0. The SMILES string of the molecule is CN(c1cccnc1)c1nc(-c2ccccc2)cs1. The second-order valence-corrected chi connectivity index (χ2v) is 4.99. The first kappa shape index (κ1) is 11.9. The lowest BCUT2D eigenvalue weighted by atomic mass is 10.2. The second-order valence-electron chi connectivity index (χ2n) is 4.15. The van der Waals surface area contributed by atoms with Crippen LogP contribution < -0.4 is 4.90 Å². The van der Waals surface area contributed by atoms with Gasteiger partial charge in [0.1, 0.15) is 0 Å². The average Bonchev–Trinajstić information content (AvgIpc) is 2.98. The van der Waals surface area contributed by atoms with E-state index in [-0.39, 0.29) is 0 Å². The summed E-state index contributed by atoms with van der Waals surface area (Å²) in [6, 6.07) is 14.2. The molecule has 2 aromatic heterocycles. The summed E-state index contributed by atoms with van der Waals surface area (Å²) in [5.74, 6) is 0. The van der Waals surface area contributed by atoms with Crippen molar-refractivity contribution in [2.45, 2.75) is 0 Å². The van der Waals surface area contributed by atoms with Crippen LogP contribution in [0.15, 0.2) is 60.2 Å². The number of anilines is 2. The largest absolute Gasteiger partial charge is 0.319 e. The summed E-state index contributed by atoms with van der Waals surface area (Å²) < 4.78 is 0. The van der Waals surface area contributed by atoms with Crippen molar-refractivity contribution in [3.8, 4) is 11.3 Å². The summed E-state index contributed by atoms with van der Waals surface area (Å²) in [6.07, 6.45) is 3.61. The average molecular weight is 267 g/mol. The van der Waals surface area contributed by atoms with Gasteiger partial charge in [-0.3, -0.25) is 4.98 Å². The lowest BCUT2D eigenvalue weighted by molar-refractivity contribution is 1.15. The second kappa shape index (κ2) is 5.20. The van der Waals surface area contributed by atoms with Crippen LogP contribution in [0.2, 0.25) is 0 Å². The Hall–Kier alpha value is -2.20. The minimum Gasteiger partial charge on any atom is -0.319 e. The maximum Gasteiger partial charge on any atom is 0.190 e. The summed E-state index contributed by atoms with van der Waals surface area (Å²) in [5.41, 5.74) is 3.19. The molecule has 0 saturated carbocycles. The Morgan fingerprint density at radius 3 is 2.63 bits per heavy atom. The molecule has 0 aliphatic heterocycles. The number of pyridine rings is 1. The number of hydrogen-bond donors (Lipinski definition) is 0. The fourth-order valence-electron chi connectivity index (χ4n) is 1.82. The molecule has 0 spiro atoms. The zero-order valence-corrected chi connectivity index (χ0v) is 11.3. The van der Waals surface area contributed by atoms with Crippen molar-refractivity contribution in [3.05, 3.63) is 60.2 Å². The molecule has 3 aromatic rings. The van der Waals surface area contributed by atoms with Crippen molar-refractivity contribution >= 4 is 22.2 Å². The van der Waals surface area contributed by atoms with E-state index in [4.69, 9.17) is 0 Å². The minimum atomic E-state index is 0.965. The van der Waals surface area contributed by atoms with Crippen LogP contribution in [0.3, 0.4) is 0 Å². The Kier molecular flexibility index (Phi) is 3.25. The number of aromatic nitrogens is 2. The van der Waals surface area contributed by atoms with Crippen LogP contribution in [-0.4, -0.2) is 17.0 Å². The monoisotopic (exact) mass is 267 g/mol. The molecule has 0 radical (unpaired) electrons. The number of thiazole rings is 1. The quantitative estimate of drug-likeness (QED) is 0.719. The Morgan fingerprint density at radius 1 is 1.05 bits per heavy atom. The van der Waals surface area contributed by atoms with Crippen LogP contribution in [0, 0.1) is 0 Å². The molecule has 0 unspecified atom stereocenters. The van der Waals surface area contributed by atoms with E-state index in [1.807, 2.05) is 48.5 Å². The van der Waals surface area contributed by atoms with Gasteiger partial charge in [-0.1, -0.05) is 30.3 Å². The number of rotatable bonds is 3. The third kappa shape index (κ3) is 2.48. The molecule has 0 fully saturated rings. The van der Waals surface area contributed by atoms with Crippen molar-refractivity contribution in [1.29, 1.82) is 0 Å². The molecule has 0 atom stereocenters. The van der Waals surface area contributed by atoms with Crippen LogP contribution in [0.1, 0.15) is 0 Å². The number of nitrogens with zero attached hydrogens (tertiary/aromatic N) is 3. The molecular formula is C15H13N3S. The molecule has 0 saturated heterocycles. The van der Waals surface area contributed by atoms with Gasteiger partial charge >= 0.3 is 0 Å². The highest BCUT2D eigenvalue weighted by molar-refractivity contribution is 7.14. The molecule has 2 heterocycles. The van der Waals surface area contributed by atoms with Crippen molar-refractivity contribution in [2.75, 3.05) is 11.9 Å². The first-order chi connectivity index (χ1) is 9.34. The van der Waals surface area contributed by atoms with Crippen LogP contribution in [0.25, 0.3) is 11.3 Å². The fourth-order valence-corrected chi connectivity index (χ4v) is 2.64. The molecule has 94 valence electrons. The normalized spacial score (nSPS) is 10.4. The fraction of sp³-hybridized carbons (Fsp3) is 0.0667. The van der Waals surface area contributed by atoms with E-state index in [1.165, 1.54) is 0 Å². The van der Waals surface area contributed by atoms with Gasteiger partial charge in [0.2, 0.25) is 0 Å². The van der Waals surface area contributed by atoms with E-state index >= 15 is 0 Å². The Labute approximate surface area is 116 Å². The smallest absolute Gasteiger partial charge is 0.190 e. The highest BCUT2D eigenvalue weighted by atomic mass is 32.1. The summed E-state index contributed by atoms with van der Waals surface area (Å²) in [5, 5.41) is 3.05. The Morgan fingerprint density at radius 2 is 1.89 bits per heavy atom. The topological polar surface area (TPSA) is 29.0 Å². The maximum atomic E-state index is 4.67. The first-order valence-electron chi connectivity index (χ1n) is 5.99. The van der Waals surface area contributed by atoms with Crippen molar-refractivity contribution in [3.63, 3.8) is 0 Å². The molecule has 1 aromatic carbocycles. The lowest BCUT2D eigenvalue weighted by Gasteiger charge is -2.14.